The van der Waals surface area contributed by atoms with Crippen LogP contribution in [0, 0.1) is 11.8 Å². The van der Waals surface area contributed by atoms with Crippen molar-refractivity contribution in [2.75, 3.05) is 32.9 Å². The molecule has 4 heteroatoms. The topological polar surface area (TPSA) is 47.6 Å². The lowest BCUT2D eigenvalue weighted by Gasteiger charge is -2.11. The van der Waals surface area contributed by atoms with E-state index in [0.29, 0.717) is 25.7 Å². The van der Waals surface area contributed by atoms with Crippen LogP contribution in [0.1, 0.15) is 34.1 Å². The standard InChI is InChI=1S/C13H27NO3/c1-5-17-13(15)12(4)10-14-7-9-16-8-6-11(2)3/h11-12,14H,5-10H2,1-4H3. The lowest BCUT2D eigenvalue weighted by Crippen LogP contribution is -2.30. The van der Waals surface area contributed by atoms with Crippen molar-refractivity contribution >= 4 is 5.97 Å². The summed E-state index contributed by atoms with van der Waals surface area (Å²) in [6, 6.07) is 0. The summed E-state index contributed by atoms with van der Waals surface area (Å²) in [5, 5.41) is 3.19. The van der Waals surface area contributed by atoms with E-state index in [4.69, 9.17) is 9.47 Å². The van der Waals surface area contributed by atoms with Gasteiger partial charge in [0.05, 0.1) is 19.1 Å². The van der Waals surface area contributed by atoms with Crippen LogP contribution in [0.3, 0.4) is 0 Å². The average Bonchev–Trinajstić information content (AvgIpc) is 2.27. The molecule has 0 saturated carbocycles. The molecule has 4 nitrogen and oxygen atoms in total. The predicted molar refractivity (Wildman–Crippen MR) is 68.9 cm³/mol. The number of nitrogens with one attached hydrogen (secondary N) is 1. The zero-order valence-corrected chi connectivity index (χ0v) is 11.6. The van der Waals surface area contributed by atoms with Crippen molar-refractivity contribution in [2.45, 2.75) is 34.1 Å². The molecular formula is C13H27NO3. The van der Waals surface area contributed by atoms with Crippen LogP contribution in [0.2, 0.25) is 0 Å². The van der Waals surface area contributed by atoms with Crippen molar-refractivity contribution in [3.05, 3.63) is 0 Å². The van der Waals surface area contributed by atoms with Crippen molar-refractivity contribution in [3.8, 4) is 0 Å². The summed E-state index contributed by atoms with van der Waals surface area (Å²) >= 11 is 0. The Morgan fingerprint density at radius 1 is 1.24 bits per heavy atom. The van der Waals surface area contributed by atoms with Crippen LogP contribution in [0.25, 0.3) is 0 Å². The largest absolute Gasteiger partial charge is 0.466 e. The van der Waals surface area contributed by atoms with E-state index >= 15 is 0 Å². The third-order valence-corrected chi connectivity index (χ3v) is 2.40. The number of hydrogen-bond donors (Lipinski definition) is 1. The summed E-state index contributed by atoms with van der Waals surface area (Å²) in [6.45, 7) is 11.4. The molecule has 0 fully saturated rings. The molecule has 1 N–H and O–H groups in total. The summed E-state index contributed by atoms with van der Waals surface area (Å²) < 4.78 is 10.4. The summed E-state index contributed by atoms with van der Waals surface area (Å²) in [6.07, 6.45) is 1.10. The molecule has 0 aromatic heterocycles. The molecule has 0 radical (unpaired) electrons. The number of hydrogen-bond acceptors (Lipinski definition) is 4. The Kier molecular flexibility index (Phi) is 10.2. The maximum atomic E-state index is 11.3. The summed E-state index contributed by atoms with van der Waals surface area (Å²) in [5.74, 6) is 0.457. The van der Waals surface area contributed by atoms with Crippen LogP contribution in [0.5, 0.6) is 0 Å². The smallest absolute Gasteiger partial charge is 0.309 e. The summed E-state index contributed by atoms with van der Waals surface area (Å²) in [7, 11) is 0. The van der Waals surface area contributed by atoms with E-state index in [1.165, 1.54) is 0 Å². The third-order valence-electron chi connectivity index (χ3n) is 2.40. The number of carbonyl (C=O) groups excluding carboxylic acids is 1. The van der Waals surface area contributed by atoms with Crippen LogP contribution in [-0.4, -0.2) is 38.9 Å². The van der Waals surface area contributed by atoms with E-state index in [1.54, 1.807) is 0 Å². The Balaban J connectivity index is 3.30. The maximum absolute atomic E-state index is 11.3. The molecule has 0 rings (SSSR count). The molecule has 1 unspecified atom stereocenters. The van der Waals surface area contributed by atoms with Gasteiger partial charge in [0, 0.05) is 19.7 Å². The normalized spacial score (nSPS) is 12.8. The first-order valence-electron chi connectivity index (χ1n) is 6.53. The van der Waals surface area contributed by atoms with E-state index in [-0.39, 0.29) is 11.9 Å². The fraction of sp³-hybridized carbons (Fsp3) is 0.923. The molecule has 0 saturated heterocycles. The van der Waals surface area contributed by atoms with E-state index in [2.05, 4.69) is 19.2 Å². The Labute approximate surface area is 105 Å². The van der Waals surface area contributed by atoms with Gasteiger partial charge < -0.3 is 14.8 Å². The van der Waals surface area contributed by atoms with Gasteiger partial charge in [-0.05, 0) is 19.3 Å². The van der Waals surface area contributed by atoms with Crippen LogP contribution in [0.15, 0.2) is 0 Å². The van der Waals surface area contributed by atoms with E-state index in [9.17, 15) is 4.79 Å². The van der Waals surface area contributed by atoms with Gasteiger partial charge in [-0.1, -0.05) is 20.8 Å². The van der Waals surface area contributed by atoms with Gasteiger partial charge in [0.25, 0.3) is 0 Å². The molecule has 0 aromatic rings. The van der Waals surface area contributed by atoms with Crippen molar-refractivity contribution in [2.24, 2.45) is 11.8 Å². The molecule has 0 aliphatic carbocycles. The Morgan fingerprint density at radius 2 is 1.94 bits per heavy atom. The molecule has 0 aliphatic heterocycles. The first-order valence-corrected chi connectivity index (χ1v) is 6.53. The lowest BCUT2D eigenvalue weighted by molar-refractivity contribution is -0.147. The third kappa shape index (κ3) is 10.3. The quantitative estimate of drug-likeness (QED) is 0.471. The van der Waals surface area contributed by atoms with Crippen LogP contribution in [0.4, 0.5) is 0 Å². The van der Waals surface area contributed by atoms with Gasteiger partial charge in [0.1, 0.15) is 0 Å². The molecular weight excluding hydrogens is 218 g/mol. The molecule has 0 aromatic carbocycles. The van der Waals surface area contributed by atoms with Crippen molar-refractivity contribution in [1.82, 2.24) is 5.32 Å². The number of carbonyl (C=O) groups is 1. The summed E-state index contributed by atoms with van der Waals surface area (Å²) in [5.41, 5.74) is 0. The minimum Gasteiger partial charge on any atom is -0.466 e. The van der Waals surface area contributed by atoms with Crippen molar-refractivity contribution in [3.63, 3.8) is 0 Å². The highest BCUT2D eigenvalue weighted by Crippen LogP contribution is 1.98. The highest BCUT2D eigenvalue weighted by Gasteiger charge is 2.12. The molecule has 0 aliphatic rings. The van der Waals surface area contributed by atoms with Gasteiger partial charge in [0.15, 0.2) is 0 Å². The first kappa shape index (κ1) is 16.4. The Hall–Kier alpha value is -0.610. The van der Waals surface area contributed by atoms with Gasteiger partial charge in [-0.3, -0.25) is 4.79 Å². The number of ether oxygens (including phenoxy) is 2. The zero-order chi connectivity index (χ0) is 13.1. The Morgan fingerprint density at radius 3 is 2.53 bits per heavy atom. The number of rotatable bonds is 10. The molecule has 102 valence electrons. The van der Waals surface area contributed by atoms with Gasteiger partial charge in [0.2, 0.25) is 0 Å². The van der Waals surface area contributed by atoms with E-state index in [1.807, 2.05) is 13.8 Å². The molecule has 17 heavy (non-hydrogen) atoms. The molecule has 0 heterocycles. The highest BCUT2D eigenvalue weighted by molar-refractivity contribution is 5.72. The maximum Gasteiger partial charge on any atom is 0.309 e. The summed E-state index contributed by atoms with van der Waals surface area (Å²) in [4.78, 5) is 11.3. The fourth-order valence-electron chi connectivity index (χ4n) is 1.25. The van der Waals surface area contributed by atoms with Crippen LogP contribution >= 0.6 is 0 Å². The minimum atomic E-state index is -0.138. The average molecular weight is 245 g/mol. The minimum absolute atomic E-state index is 0.0920. The molecule has 1 atom stereocenters. The second-order valence-corrected chi connectivity index (χ2v) is 4.65. The molecule has 0 bridgehead atoms. The Bertz CT molecular complexity index is 195. The van der Waals surface area contributed by atoms with Crippen LogP contribution < -0.4 is 5.32 Å². The van der Waals surface area contributed by atoms with Crippen LogP contribution in [-0.2, 0) is 14.3 Å². The lowest BCUT2D eigenvalue weighted by atomic mass is 10.1. The van der Waals surface area contributed by atoms with Gasteiger partial charge in [-0.25, -0.2) is 0 Å². The molecule has 0 spiro atoms. The van der Waals surface area contributed by atoms with Crippen molar-refractivity contribution in [1.29, 1.82) is 0 Å². The second-order valence-electron chi connectivity index (χ2n) is 4.65. The number of esters is 1. The monoisotopic (exact) mass is 245 g/mol. The fourth-order valence-corrected chi connectivity index (χ4v) is 1.25. The second kappa shape index (κ2) is 10.5. The van der Waals surface area contributed by atoms with E-state index in [0.717, 1.165) is 19.6 Å². The predicted octanol–water partition coefficient (Wildman–Crippen LogP) is 1.84. The first-order chi connectivity index (χ1) is 8.07. The van der Waals surface area contributed by atoms with Gasteiger partial charge in [-0.2, -0.15) is 0 Å². The van der Waals surface area contributed by atoms with Gasteiger partial charge >= 0.3 is 5.97 Å². The van der Waals surface area contributed by atoms with E-state index < -0.39 is 0 Å². The zero-order valence-electron chi connectivity index (χ0n) is 11.6. The molecule has 0 amide bonds. The highest BCUT2D eigenvalue weighted by atomic mass is 16.5. The van der Waals surface area contributed by atoms with Gasteiger partial charge in [-0.15, -0.1) is 0 Å². The van der Waals surface area contributed by atoms with Crippen molar-refractivity contribution < 1.29 is 14.3 Å². The SMILES string of the molecule is CCOC(=O)C(C)CNCCOCCC(C)C.